The van der Waals surface area contributed by atoms with Crippen molar-refractivity contribution < 1.29 is 140 Å². The van der Waals surface area contributed by atoms with Crippen molar-refractivity contribution in [3.63, 3.8) is 0 Å². The summed E-state index contributed by atoms with van der Waals surface area (Å²) in [5.74, 6) is -120. The fourth-order valence-electron chi connectivity index (χ4n) is 3.49. The molecule has 0 atom stereocenters. The van der Waals surface area contributed by atoms with Crippen LogP contribution in [-0.2, 0) is 0 Å². The van der Waals surface area contributed by atoms with Gasteiger partial charge in [-0.3, -0.25) is 0 Å². The fraction of sp³-hybridized carbons (Fsp3) is 1.00. The first-order valence-electron chi connectivity index (χ1n) is 12.1. The molecule has 0 bridgehead atoms. The van der Waals surface area contributed by atoms with E-state index in [0.717, 1.165) is 0 Å². The van der Waals surface area contributed by atoms with Crippen LogP contribution in [-0.4, -0.2) is 109 Å². The van der Waals surface area contributed by atoms with E-state index in [0.29, 0.717) is 5.32 Å². The van der Waals surface area contributed by atoms with Crippen LogP contribution in [0.5, 0.6) is 0 Å². The molecule has 0 saturated heterocycles. The Morgan fingerprint density at radius 3 is 0.642 bits per heavy atom. The first-order valence-corrected chi connectivity index (χ1v) is 12.1. The third-order valence-corrected chi connectivity index (χ3v) is 6.87. The van der Waals surface area contributed by atoms with Gasteiger partial charge in [0.2, 0.25) is 0 Å². The highest BCUT2D eigenvalue weighted by Gasteiger charge is 2.95. The van der Waals surface area contributed by atoms with Gasteiger partial charge in [-0.2, -0.15) is 123 Å². The minimum absolute atomic E-state index is 0.352. The van der Waals surface area contributed by atoms with Crippen molar-refractivity contribution >= 4 is 0 Å². The Bertz CT molecular complexity index is 1170. The number of halogens is 32. The molecule has 0 rings (SSSR count). The molecule has 0 aromatic carbocycles. The molecule has 1 N–H and O–H groups in total. The molecule has 33 heteroatoms. The van der Waals surface area contributed by atoms with E-state index in [1.165, 1.54) is 0 Å². The lowest BCUT2D eigenvalue weighted by molar-refractivity contribution is -0.448. The Morgan fingerprint density at radius 2 is 0.472 bits per heavy atom. The monoisotopic (exact) mass is 873 g/mol. The average Bonchev–Trinajstić information content (AvgIpc) is 2.94. The van der Waals surface area contributed by atoms with Crippen molar-refractivity contribution in [1.29, 1.82) is 0 Å². The SMILES string of the molecule is CNC(CC(F)(F)C(F)(F)C(F)(F)C(F)(F)C(F)(F)C(F)(F)C(F)(F)C(F)F)CC(F)(F)C(F)(F)C(F)(F)C(F)(F)C(F)(F)C(F)(F)C(F)(F)C(F)F. The van der Waals surface area contributed by atoms with Crippen LogP contribution >= 0.6 is 0 Å². The van der Waals surface area contributed by atoms with Gasteiger partial charge < -0.3 is 5.32 Å². The van der Waals surface area contributed by atoms with Crippen molar-refractivity contribution in [3.8, 4) is 0 Å². The van der Waals surface area contributed by atoms with E-state index in [1.54, 1.807) is 0 Å². The van der Waals surface area contributed by atoms with Gasteiger partial charge in [0.25, 0.3) is 0 Å². The first kappa shape index (κ1) is 50.7. The first-order chi connectivity index (χ1) is 22.5. The van der Waals surface area contributed by atoms with E-state index in [9.17, 15) is 140 Å². The molecule has 0 radical (unpaired) electrons. The molecule has 0 amide bonds. The lowest BCUT2D eigenvalue weighted by Gasteiger charge is -2.44. The Kier molecular flexibility index (Phi) is 12.9. The fourth-order valence-corrected chi connectivity index (χ4v) is 3.49. The highest BCUT2D eigenvalue weighted by atomic mass is 19.4. The van der Waals surface area contributed by atoms with Gasteiger partial charge in [-0.15, -0.1) is 0 Å². The van der Waals surface area contributed by atoms with Gasteiger partial charge >= 0.3 is 95.8 Å². The molecular formula is C20H11F32N. The van der Waals surface area contributed by atoms with E-state index in [2.05, 4.69) is 0 Å². The Hall–Kier alpha value is -2.28. The highest BCUT2D eigenvalue weighted by molar-refractivity contribution is 5.17. The zero-order valence-electron chi connectivity index (χ0n) is 23.7. The summed E-state index contributed by atoms with van der Waals surface area (Å²) in [6.45, 7) is 0. The highest BCUT2D eigenvalue weighted by Crippen LogP contribution is 2.65. The number of nitrogens with one attached hydrogen (secondary N) is 1. The van der Waals surface area contributed by atoms with Gasteiger partial charge in [0.15, 0.2) is 0 Å². The zero-order valence-corrected chi connectivity index (χ0v) is 23.7. The third kappa shape index (κ3) is 6.73. The standard InChI is InChI=1S/C20H11F32N/c1-53-4(2-7(25,26)11(33,34)15(41,42)19(49,50)17(45,46)13(37,38)9(29,30)5(21)22)3-8(27,28)12(35,36)16(43,44)20(51,52)18(47,48)14(39,40)10(31,32)6(23)24/h4-6,53H,2-3H2,1H3. The van der Waals surface area contributed by atoms with Crippen molar-refractivity contribution in [3.05, 3.63) is 0 Å². The third-order valence-electron chi connectivity index (χ3n) is 6.87. The lowest BCUT2D eigenvalue weighted by Crippen LogP contribution is -2.74. The predicted octanol–water partition coefficient (Wildman–Crippen LogP) is 10.8. The van der Waals surface area contributed by atoms with Crippen LogP contribution in [0.3, 0.4) is 0 Å². The molecule has 0 saturated carbocycles. The van der Waals surface area contributed by atoms with Crippen molar-refractivity contribution in [2.24, 2.45) is 0 Å². The second-order valence-corrected chi connectivity index (χ2v) is 10.4. The van der Waals surface area contributed by atoms with E-state index >= 15 is 0 Å². The summed E-state index contributed by atoms with van der Waals surface area (Å²) in [4.78, 5) is 0. The second-order valence-electron chi connectivity index (χ2n) is 10.4. The van der Waals surface area contributed by atoms with Crippen LogP contribution in [0.1, 0.15) is 12.8 Å². The number of alkyl halides is 32. The summed E-state index contributed by atoms with van der Waals surface area (Å²) in [7, 11) is -0.352. The minimum Gasteiger partial charge on any atom is -0.317 e. The maximum atomic E-state index is 14.2. The van der Waals surface area contributed by atoms with Crippen molar-refractivity contribution in [2.45, 2.75) is 115 Å². The molecule has 0 unspecified atom stereocenters. The van der Waals surface area contributed by atoms with Crippen LogP contribution < -0.4 is 5.32 Å². The second kappa shape index (κ2) is 13.4. The molecule has 1 nitrogen and oxygen atoms in total. The Balaban J connectivity index is 7.03. The summed E-state index contributed by atoms with van der Waals surface area (Å²) in [5.41, 5.74) is 0. The molecule has 0 fully saturated rings. The van der Waals surface area contributed by atoms with E-state index in [1.807, 2.05) is 0 Å². The Morgan fingerprint density at radius 1 is 0.302 bits per heavy atom. The number of rotatable bonds is 19. The molecule has 0 aromatic heterocycles. The van der Waals surface area contributed by atoms with Crippen LogP contribution in [0.4, 0.5) is 140 Å². The molecule has 0 aliphatic heterocycles. The molecule has 0 heterocycles. The molecule has 0 spiro atoms. The van der Waals surface area contributed by atoms with Crippen LogP contribution in [0, 0.1) is 0 Å². The maximum absolute atomic E-state index is 14.2. The molecular weight excluding hydrogens is 862 g/mol. The van der Waals surface area contributed by atoms with E-state index < -0.39 is 115 Å². The van der Waals surface area contributed by atoms with Crippen LogP contribution in [0.2, 0.25) is 0 Å². The smallest absolute Gasteiger partial charge is 0.317 e. The molecule has 0 aliphatic rings. The summed E-state index contributed by atoms with van der Waals surface area (Å²) in [5, 5.41) is 0.520. The largest absolute Gasteiger partial charge is 0.384 e. The van der Waals surface area contributed by atoms with Crippen LogP contribution in [0.25, 0.3) is 0 Å². The topological polar surface area (TPSA) is 12.0 Å². The molecule has 0 aliphatic carbocycles. The maximum Gasteiger partial charge on any atom is 0.384 e. The van der Waals surface area contributed by atoms with Gasteiger partial charge in [0, 0.05) is 18.9 Å². The molecule has 320 valence electrons. The quantitative estimate of drug-likeness (QED) is 0.128. The minimum atomic E-state index is -9.09. The van der Waals surface area contributed by atoms with Crippen molar-refractivity contribution in [1.82, 2.24) is 5.32 Å². The predicted molar refractivity (Wildman–Crippen MR) is 103 cm³/mol. The molecule has 53 heavy (non-hydrogen) atoms. The van der Waals surface area contributed by atoms with E-state index in [-0.39, 0.29) is 7.05 Å². The van der Waals surface area contributed by atoms with E-state index in [4.69, 9.17) is 0 Å². The van der Waals surface area contributed by atoms with Gasteiger partial charge in [0.05, 0.1) is 0 Å². The van der Waals surface area contributed by atoms with Gasteiger partial charge in [0.1, 0.15) is 0 Å². The van der Waals surface area contributed by atoms with Gasteiger partial charge in [-0.05, 0) is 7.05 Å². The van der Waals surface area contributed by atoms with Crippen LogP contribution in [0.15, 0.2) is 0 Å². The summed E-state index contributed by atoms with van der Waals surface area (Å²) < 4.78 is 430. The van der Waals surface area contributed by atoms with Gasteiger partial charge in [-0.25, -0.2) is 17.6 Å². The number of hydrogen-bond donors (Lipinski definition) is 1. The normalized spacial score (nSPS) is 16.8. The molecule has 0 aromatic rings. The zero-order chi connectivity index (χ0) is 43.9. The van der Waals surface area contributed by atoms with Crippen molar-refractivity contribution in [2.75, 3.05) is 7.05 Å². The van der Waals surface area contributed by atoms with Gasteiger partial charge in [-0.1, -0.05) is 0 Å². The number of hydrogen-bond acceptors (Lipinski definition) is 1. The summed E-state index contributed by atoms with van der Waals surface area (Å²) >= 11 is 0. The average molecular weight is 873 g/mol. The summed E-state index contributed by atoms with van der Waals surface area (Å²) in [6, 6.07) is -4.32. The Labute approximate surface area is 269 Å². The summed E-state index contributed by atoms with van der Waals surface area (Å²) in [6.07, 6.45) is -20.8. The lowest BCUT2D eigenvalue weighted by atomic mass is 9.85.